The Kier molecular flexibility index (Phi) is 5.81. The van der Waals surface area contributed by atoms with Crippen molar-refractivity contribution in [3.63, 3.8) is 0 Å². The van der Waals surface area contributed by atoms with Crippen LogP contribution in [0.5, 0.6) is 0 Å². The third-order valence-electron chi connectivity index (χ3n) is 3.89. The summed E-state index contributed by atoms with van der Waals surface area (Å²) in [5, 5.41) is 4.69. The minimum Gasteiger partial charge on any atom is -0.344 e. The van der Waals surface area contributed by atoms with E-state index >= 15 is 0 Å². The fourth-order valence-corrected chi connectivity index (χ4v) is 3.89. The van der Waals surface area contributed by atoms with Crippen LogP contribution in [0.3, 0.4) is 0 Å². The summed E-state index contributed by atoms with van der Waals surface area (Å²) in [6.07, 6.45) is 2.41. The number of nitrogens with zero attached hydrogens (tertiary/aromatic N) is 3. The number of aromatic nitrogens is 1. The van der Waals surface area contributed by atoms with Crippen molar-refractivity contribution < 1.29 is 0 Å². The normalized spacial score (nSPS) is 21.2. The lowest BCUT2D eigenvalue weighted by molar-refractivity contribution is 0.337. The molecule has 1 atom stereocenters. The largest absolute Gasteiger partial charge is 0.344 e. The Bertz CT molecular complexity index is 418. The fourth-order valence-electron chi connectivity index (χ4n) is 2.73. The average Bonchev–Trinajstić information content (AvgIpc) is 2.66. The number of hydrogen-bond acceptors (Lipinski definition) is 5. The maximum absolute atomic E-state index is 4.82. The first-order chi connectivity index (χ1) is 9.61. The second-order valence-electron chi connectivity index (χ2n) is 5.84. The zero-order valence-electron chi connectivity index (χ0n) is 13.3. The highest BCUT2D eigenvalue weighted by Crippen LogP contribution is 2.28. The van der Waals surface area contributed by atoms with Gasteiger partial charge in [0.05, 0.1) is 5.69 Å². The number of likely N-dealkylation sites (N-methyl/N-ethyl adjacent to an activating group) is 1. The molecule has 1 aliphatic heterocycles. The molecule has 2 rings (SSSR count). The fraction of sp³-hybridized carbons (Fsp3) is 0.800. The van der Waals surface area contributed by atoms with Crippen molar-refractivity contribution in [2.75, 3.05) is 38.1 Å². The molecule has 1 fully saturated rings. The molecule has 1 aromatic heterocycles. The molecule has 0 saturated carbocycles. The summed E-state index contributed by atoms with van der Waals surface area (Å²) in [6, 6.07) is 0.546. The summed E-state index contributed by atoms with van der Waals surface area (Å²) < 4.78 is 0. The van der Waals surface area contributed by atoms with Crippen molar-refractivity contribution >= 4 is 16.5 Å². The first kappa shape index (κ1) is 15.7. The Balaban J connectivity index is 2.06. The van der Waals surface area contributed by atoms with E-state index in [2.05, 4.69) is 42.9 Å². The van der Waals surface area contributed by atoms with Gasteiger partial charge in [-0.1, -0.05) is 6.92 Å². The molecule has 1 unspecified atom stereocenters. The molecule has 0 radical (unpaired) electrons. The lowest BCUT2D eigenvalue weighted by atomic mass is 10.3. The summed E-state index contributed by atoms with van der Waals surface area (Å²) >= 11 is 1.86. The lowest BCUT2D eigenvalue weighted by Gasteiger charge is -2.27. The monoisotopic (exact) mass is 296 g/mol. The van der Waals surface area contributed by atoms with Gasteiger partial charge >= 0.3 is 0 Å². The third-order valence-corrected chi connectivity index (χ3v) is 5.08. The molecule has 1 aromatic rings. The maximum atomic E-state index is 4.82. The molecule has 1 N–H and O–H groups in total. The van der Waals surface area contributed by atoms with Crippen LogP contribution in [-0.2, 0) is 6.54 Å². The van der Waals surface area contributed by atoms with Crippen LogP contribution < -0.4 is 10.2 Å². The van der Waals surface area contributed by atoms with Gasteiger partial charge in [0.1, 0.15) is 0 Å². The molecule has 0 bridgehead atoms. The van der Waals surface area contributed by atoms with E-state index in [-0.39, 0.29) is 0 Å². The van der Waals surface area contributed by atoms with E-state index in [9.17, 15) is 0 Å². The minimum absolute atomic E-state index is 0.546. The molecule has 0 aliphatic carbocycles. The Morgan fingerprint density at radius 3 is 2.95 bits per heavy atom. The van der Waals surface area contributed by atoms with Gasteiger partial charge in [-0.2, -0.15) is 0 Å². The van der Waals surface area contributed by atoms with Crippen LogP contribution in [0.25, 0.3) is 0 Å². The maximum Gasteiger partial charge on any atom is 0.186 e. The predicted molar refractivity (Wildman–Crippen MR) is 87.8 cm³/mol. The van der Waals surface area contributed by atoms with Gasteiger partial charge in [-0.15, -0.1) is 11.3 Å². The number of nitrogens with one attached hydrogen (secondary N) is 1. The first-order valence-electron chi connectivity index (χ1n) is 7.74. The van der Waals surface area contributed by atoms with Crippen molar-refractivity contribution in [1.82, 2.24) is 15.2 Å². The van der Waals surface area contributed by atoms with E-state index in [1.165, 1.54) is 35.1 Å². The van der Waals surface area contributed by atoms with E-state index in [0.717, 1.165) is 26.2 Å². The molecular weight excluding hydrogens is 268 g/mol. The number of thiazole rings is 1. The molecule has 5 heteroatoms. The van der Waals surface area contributed by atoms with Gasteiger partial charge in [-0.25, -0.2) is 4.98 Å². The molecule has 0 amide bonds. The van der Waals surface area contributed by atoms with Gasteiger partial charge in [0.25, 0.3) is 0 Å². The summed E-state index contributed by atoms with van der Waals surface area (Å²) in [5.74, 6) is 0. The number of hydrogen-bond donors (Lipinski definition) is 1. The summed E-state index contributed by atoms with van der Waals surface area (Å²) in [6.45, 7) is 12.1. The number of anilines is 1. The molecule has 1 aliphatic rings. The molecular formula is C15H28N4S. The quantitative estimate of drug-likeness (QED) is 0.846. The topological polar surface area (TPSA) is 31.4 Å². The SMILES string of the molecule is CCCNCc1sc(N2CCCN(C)CC2C)nc1C. The minimum atomic E-state index is 0.546. The molecule has 114 valence electrons. The molecule has 4 nitrogen and oxygen atoms in total. The third kappa shape index (κ3) is 3.93. The number of rotatable bonds is 5. The first-order valence-corrected chi connectivity index (χ1v) is 8.55. The van der Waals surface area contributed by atoms with Gasteiger partial charge in [0, 0.05) is 30.6 Å². The zero-order chi connectivity index (χ0) is 14.5. The van der Waals surface area contributed by atoms with Gasteiger partial charge in [0.15, 0.2) is 5.13 Å². The van der Waals surface area contributed by atoms with E-state index in [1.54, 1.807) is 0 Å². The lowest BCUT2D eigenvalue weighted by Crippen LogP contribution is -2.37. The van der Waals surface area contributed by atoms with Crippen LogP contribution in [0, 0.1) is 6.92 Å². The predicted octanol–water partition coefficient (Wildman–Crippen LogP) is 2.48. The summed E-state index contributed by atoms with van der Waals surface area (Å²) in [7, 11) is 2.22. The van der Waals surface area contributed by atoms with Crippen molar-refractivity contribution in [3.05, 3.63) is 10.6 Å². The second kappa shape index (κ2) is 7.38. The van der Waals surface area contributed by atoms with Gasteiger partial charge in [-0.3, -0.25) is 0 Å². The van der Waals surface area contributed by atoms with Crippen molar-refractivity contribution in [2.24, 2.45) is 0 Å². The molecule has 2 heterocycles. The standard InChI is InChI=1S/C15H28N4S/c1-5-7-16-10-14-13(3)17-15(20-14)19-9-6-8-18(4)11-12(19)2/h12,16H,5-11H2,1-4H3. The summed E-state index contributed by atoms with van der Waals surface area (Å²) in [4.78, 5) is 11.1. The van der Waals surface area contributed by atoms with Crippen LogP contribution in [-0.4, -0.2) is 49.2 Å². The van der Waals surface area contributed by atoms with Crippen molar-refractivity contribution in [3.8, 4) is 0 Å². The smallest absolute Gasteiger partial charge is 0.186 e. The highest BCUT2D eigenvalue weighted by atomic mass is 32.1. The Morgan fingerprint density at radius 2 is 2.20 bits per heavy atom. The van der Waals surface area contributed by atoms with Crippen LogP contribution >= 0.6 is 11.3 Å². The molecule has 1 saturated heterocycles. The number of aryl methyl sites for hydroxylation is 1. The molecule has 0 aromatic carbocycles. The van der Waals surface area contributed by atoms with Crippen LogP contribution in [0.15, 0.2) is 0 Å². The van der Waals surface area contributed by atoms with Crippen LogP contribution in [0.1, 0.15) is 37.3 Å². The van der Waals surface area contributed by atoms with E-state index in [1.807, 2.05) is 11.3 Å². The van der Waals surface area contributed by atoms with Crippen molar-refractivity contribution in [1.29, 1.82) is 0 Å². The average molecular weight is 296 g/mol. The van der Waals surface area contributed by atoms with Crippen molar-refractivity contribution in [2.45, 2.75) is 46.2 Å². The Morgan fingerprint density at radius 1 is 1.40 bits per heavy atom. The van der Waals surface area contributed by atoms with Gasteiger partial charge in [-0.05, 0) is 46.8 Å². The Hall–Kier alpha value is -0.650. The van der Waals surface area contributed by atoms with Gasteiger partial charge < -0.3 is 15.1 Å². The highest BCUT2D eigenvalue weighted by molar-refractivity contribution is 7.15. The summed E-state index contributed by atoms with van der Waals surface area (Å²) in [5.41, 5.74) is 1.19. The van der Waals surface area contributed by atoms with E-state index in [4.69, 9.17) is 4.98 Å². The molecule has 20 heavy (non-hydrogen) atoms. The van der Waals surface area contributed by atoms with Gasteiger partial charge in [0.2, 0.25) is 0 Å². The second-order valence-corrected chi connectivity index (χ2v) is 6.90. The van der Waals surface area contributed by atoms with E-state index in [0.29, 0.717) is 6.04 Å². The molecule has 0 spiro atoms. The highest BCUT2D eigenvalue weighted by Gasteiger charge is 2.23. The van der Waals surface area contributed by atoms with Crippen LogP contribution in [0.4, 0.5) is 5.13 Å². The zero-order valence-corrected chi connectivity index (χ0v) is 14.1. The Labute approximate surface area is 127 Å². The van der Waals surface area contributed by atoms with E-state index < -0.39 is 0 Å². The van der Waals surface area contributed by atoms with Crippen LogP contribution in [0.2, 0.25) is 0 Å².